The zero-order chi connectivity index (χ0) is 19.1. The van der Waals surface area contributed by atoms with E-state index in [9.17, 15) is 4.79 Å². The molecule has 2 aromatic carbocycles. The monoisotopic (exact) mass is 377 g/mol. The number of nitrogens with one attached hydrogen (secondary N) is 1. The highest BCUT2D eigenvalue weighted by molar-refractivity contribution is 5.83. The number of ether oxygens (including phenoxy) is 1. The van der Waals surface area contributed by atoms with Crippen LogP contribution < -0.4 is 19.9 Å². The Morgan fingerprint density at radius 3 is 2.57 bits per heavy atom. The van der Waals surface area contributed by atoms with Gasteiger partial charge in [-0.1, -0.05) is 30.3 Å². The molecule has 1 amide bonds. The van der Waals surface area contributed by atoms with Crippen LogP contribution >= 0.6 is 0 Å². The molecule has 1 N–H and O–H groups in total. The number of benzene rings is 2. The molecule has 0 unspecified atom stereocenters. The van der Waals surface area contributed by atoms with Gasteiger partial charge in [0.15, 0.2) is 0 Å². The van der Waals surface area contributed by atoms with E-state index in [1.54, 1.807) is 7.11 Å². The molecular weight excluding hydrogens is 350 g/mol. The number of methoxy groups -OCH3 is 1. The van der Waals surface area contributed by atoms with Crippen molar-refractivity contribution in [3.8, 4) is 5.75 Å². The van der Waals surface area contributed by atoms with Crippen LogP contribution in [0.15, 0.2) is 48.5 Å². The fourth-order valence-electron chi connectivity index (χ4n) is 4.70. The summed E-state index contributed by atoms with van der Waals surface area (Å²) in [7, 11) is 1.72. The van der Waals surface area contributed by atoms with Crippen molar-refractivity contribution in [1.29, 1.82) is 0 Å². The van der Waals surface area contributed by atoms with Crippen molar-refractivity contribution in [2.24, 2.45) is 5.92 Å². The van der Waals surface area contributed by atoms with Crippen molar-refractivity contribution in [1.82, 2.24) is 5.32 Å². The van der Waals surface area contributed by atoms with Crippen LogP contribution in [0.3, 0.4) is 0 Å². The summed E-state index contributed by atoms with van der Waals surface area (Å²) in [5, 5.41) is 3.26. The number of carbonyl (C=O) groups is 1. The highest BCUT2D eigenvalue weighted by Crippen LogP contribution is 2.38. The van der Waals surface area contributed by atoms with E-state index in [0.717, 1.165) is 50.3 Å². The van der Waals surface area contributed by atoms with E-state index in [4.69, 9.17) is 4.74 Å². The lowest BCUT2D eigenvalue weighted by Crippen LogP contribution is -2.61. The van der Waals surface area contributed by atoms with E-state index in [2.05, 4.69) is 51.5 Å². The third kappa shape index (κ3) is 3.09. The molecule has 2 aliphatic heterocycles. The second-order valence-corrected chi connectivity index (χ2v) is 8.10. The molecule has 146 valence electrons. The molecule has 5 heteroatoms. The summed E-state index contributed by atoms with van der Waals surface area (Å²) in [5.74, 6) is 1.09. The van der Waals surface area contributed by atoms with Crippen LogP contribution in [0.2, 0.25) is 0 Å². The molecule has 0 spiro atoms. The number of rotatable bonds is 4. The Kier molecular flexibility index (Phi) is 4.38. The van der Waals surface area contributed by atoms with Crippen molar-refractivity contribution in [2.45, 2.75) is 31.3 Å². The van der Waals surface area contributed by atoms with E-state index >= 15 is 0 Å². The first kappa shape index (κ1) is 17.4. The number of para-hydroxylation sites is 3. The Bertz CT molecular complexity index is 880. The van der Waals surface area contributed by atoms with Crippen LogP contribution in [0.5, 0.6) is 5.75 Å². The number of hydrogen-bond acceptors (Lipinski definition) is 4. The lowest BCUT2D eigenvalue weighted by atomic mass is 9.83. The third-order valence-electron chi connectivity index (χ3n) is 6.31. The molecule has 0 bridgehead atoms. The molecule has 1 saturated carbocycles. The number of hydrogen-bond donors (Lipinski definition) is 1. The second-order valence-electron chi connectivity index (χ2n) is 8.10. The molecule has 5 nitrogen and oxygen atoms in total. The molecular formula is C23H27N3O2. The number of fused-ring (bicyclic) bond motifs is 3. The first-order valence-corrected chi connectivity index (χ1v) is 10.3. The van der Waals surface area contributed by atoms with Gasteiger partial charge in [-0.3, -0.25) is 4.79 Å². The smallest absolute Gasteiger partial charge is 0.225 e. The van der Waals surface area contributed by atoms with Crippen molar-refractivity contribution in [3.05, 3.63) is 54.1 Å². The molecule has 2 heterocycles. The van der Waals surface area contributed by atoms with Gasteiger partial charge in [0.1, 0.15) is 5.75 Å². The lowest BCUT2D eigenvalue weighted by Gasteiger charge is -2.49. The van der Waals surface area contributed by atoms with Gasteiger partial charge in [0.2, 0.25) is 5.91 Å². The fraction of sp³-hybridized carbons (Fsp3) is 0.435. The van der Waals surface area contributed by atoms with Crippen molar-refractivity contribution in [2.75, 3.05) is 36.5 Å². The minimum absolute atomic E-state index is 0.0204. The Morgan fingerprint density at radius 2 is 1.79 bits per heavy atom. The van der Waals surface area contributed by atoms with Crippen molar-refractivity contribution >= 4 is 17.3 Å². The van der Waals surface area contributed by atoms with E-state index in [1.165, 1.54) is 11.3 Å². The third-order valence-corrected chi connectivity index (χ3v) is 6.31. The molecule has 2 fully saturated rings. The minimum atomic E-state index is -0.0204. The summed E-state index contributed by atoms with van der Waals surface area (Å²) in [5.41, 5.74) is 3.70. The van der Waals surface area contributed by atoms with Crippen LogP contribution in [0.1, 0.15) is 18.4 Å². The number of carbonyl (C=O) groups excluding carboxylic acids is 1. The predicted molar refractivity (Wildman–Crippen MR) is 111 cm³/mol. The SMILES string of the molecule is COc1ccccc1N1CCN2c3ccccc3C[C@H](C(=O)NC3CC3)[C@H]2C1. The van der Waals surface area contributed by atoms with Crippen LogP contribution in [-0.4, -0.2) is 44.7 Å². The largest absolute Gasteiger partial charge is 0.495 e. The van der Waals surface area contributed by atoms with Crippen molar-refractivity contribution in [3.63, 3.8) is 0 Å². The highest BCUT2D eigenvalue weighted by Gasteiger charge is 2.42. The van der Waals surface area contributed by atoms with Crippen LogP contribution in [0.25, 0.3) is 0 Å². The second kappa shape index (κ2) is 7.04. The first-order chi connectivity index (χ1) is 13.7. The first-order valence-electron chi connectivity index (χ1n) is 10.3. The quantitative estimate of drug-likeness (QED) is 0.890. The topological polar surface area (TPSA) is 44.8 Å². The van der Waals surface area contributed by atoms with Gasteiger partial charge in [-0.25, -0.2) is 0 Å². The van der Waals surface area contributed by atoms with Gasteiger partial charge in [0.25, 0.3) is 0 Å². The summed E-state index contributed by atoms with van der Waals surface area (Å²) >= 11 is 0. The summed E-state index contributed by atoms with van der Waals surface area (Å²) in [6.07, 6.45) is 3.06. The van der Waals surface area contributed by atoms with Gasteiger partial charge in [-0.2, -0.15) is 0 Å². The van der Waals surface area contributed by atoms with Gasteiger partial charge in [-0.05, 0) is 43.0 Å². The van der Waals surface area contributed by atoms with Crippen LogP contribution in [0, 0.1) is 5.92 Å². The molecule has 0 aromatic heterocycles. The minimum Gasteiger partial charge on any atom is -0.495 e. The zero-order valence-corrected chi connectivity index (χ0v) is 16.3. The summed E-state index contributed by atoms with van der Waals surface area (Å²) < 4.78 is 5.59. The standard InChI is InChI=1S/C23H27N3O2/c1-28-22-9-5-4-8-20(22)25-12-13-26-19-7-3-2-6-16(19)14-18(21(26)15-25)23(27)24-17-10-11-17/h2-9,17-18,21H,10-15H2,1H3,(H,24,27)/t18-,21+/m0/s1. The fourth-order valence-corrected chi connectivity index (χ4v) is 4.70. The van der Waals surface area contributed by atoms with Crippen LogP contribution in [-0.2, 0) is 11.2 Å². The number of nitrogens with zero attached hydrogens (tertiary/aromatic N) is 2. The maximum atomic E-state index is 13.1. The van der Waals surface area contributed by atoms with E-state index in [-0.39, 0.29) is 17.9 Å². The summed E-state index contributed by atoms with van der Waals surface area (Å²) in [4.78, 5) is 17.9. The zero-order valence-electron chi connectivity index (χ0n) is 16.3. The van der Waals surface area contributed by atoms with Gasteiger partial charge in [0.05, 0.1) is 24.8 Å². The molecule has 1 saturated heterocycles. The normalized spacial score (nSPS) is 23.6. The molecule has 2 atom stereocenters. The summed E-state index contributed by atoms with van der Waals surface area (Å²) in [6, 6.07) is 17.3. The Balaban J connectivity index is 1.46. The van der Waals surface area contributed by atoms with E-state index in [0.29, 0.717) is 6.04 Å². The molecule has 5 rings (SSSR count). The number of piperazine rings is 1. The number of amides is 1. The van der Waals surface area contributed by atoms with E-state index < -0.39 is 0 Å². The van der Waals surface area contributed by atoms with Gasteiger partial charge >= 0.3 is 0 Å². The Hall–Kier alpha value is -2.69. The summed E-state index contributed by atoms with van der Waals surface area (Å²) in [6.45, 7) is 2.66. The highest BCUT2D eigenvalue weighted by atomic mass is 16.5. The Morgan fingerprint density at radius 1 is 1.04 bits per heavy atom. The predicted octanol–water partition coefficient (Wildman–Crippen LogP) is 2.84. The van der Waals surface area contributed by atoms with Crippen LogP contribution in [0.4, 0.5) is 11.4 Å². The molecule has 2 aromatic rings. The maximum absolute atomic E-state index is 13.1. The number of anilines is 2. The average Bonchev–Trinajstić information content (AvgIpc) is 3.56. The van der Waals surface area contributed by atoms with Gasteiger partial charge < -0.3 is 19.9 Å². The molecule has 1 aliphatic carbocycles. The van der Waals surface area contributed by atoms with Gasteiger partial charge in [0, 0.05) is 31.4 Å². The maximum Gasteiger partial charge on any atom is 0.225 e. The van der Waals surface area contributed by atoms with E-state index in [1.807, 2.05) is 12.1 Å². The van der Waals surface area contributed by atoms with Gasteiger partial charge in [-0.15, -0.1) is 0 Å². The van der Waals surface area contributed by atoms with Crippen molar-refractivity contribution < 1.29 is 9.53 Å². The molecule has 28 heavy (non-hydrogen) atoms. The molecule has 0 radical (unpaired) electrons. The lowest BCUT2D eigenvalue weighted by molar-refractivity contribution is -0.126. The average molecular weight is 377 g/mol. The Labute approximate surface area is 166 Å². The molecule has 3 aliphatic rings.